The van der Waals surface area contributed by atoms with E-state index in [4.69, 9.17) is 11.6 Å². The zero-order valence-corrected chi connectivity index (χ0v) is 18.1. The molecule has 0 bridgehead atoms. The van der Waals surface area contributed by atoms with Gasteiger partial charge in [-0.15, -0.1) is 0 Å². The first-order chi connectivity index (χ1) is 13.3. The Morgan fingerprint density at radius 2 is 1.82 bits per heavy atom. The van der Waals surface area contributed by atoms with Crippen LogP contribution in [0.4, 0.5) is 11.4 Å². The van der Waals surface area contributed by atoms with Crippen LogP contribution >= 0.6 is 11.6 Å². The molecule has 0 aliphatic carbocycles. The van der Waals surface area contributed by atoms with Gasteiger partial charge in [0, 0.05) is 10.7 Å². The third-order valence-electron chi connectivity index (χ3n) is 4.43. The first-order valence-electron chi connectivity index (χ1n) is 9.41. The topological polar surface area (TPSA) is 66.5 Å². The van der Waals surface area contributed by atoms with E-state index in [-0.39, 0.29) is 5.91 Å². The van der Waals surface area contributed by atoms with Gasteiger partial charge in [0.2, 0.25) is 15.9 Å². The van der Waals surface area contributed by atoms with Crippen LogP contribution < -0.4 is 9.62 Å². The highest BCUT2D eigenvalue weighted by molar-refractivity contribution is 7.92. The van der Waals surface area contributed by atoms with Gasteiger partial charge in [-0.2, -0.15) is 0 Å². The maximum Gasteiger partial charge on any atom is 0.248 e. The second-order valence-electron chi connectivity index (χ2n) is 6.75. The first kappa shape index (κ1) is 22.2. The Bertz CT molecular complexity index is 898. The summed E-state index contributed by atoms with van der Waals surface area (Å²) in [5.41, 5.74) is 2.22. The highest BCUT2D eigenvalue weighted by Crippen LogP contribution is 2.26. The number of benzene rings is 2. The first-order valence-corrected chi connectivity index (χ1v) is 11.6. The van der Waals surface area contributed by atoms with Crippen molar-refractivity contribution < 1.29 is 13.2 Å². The van der Waals surface area contributed by atoms with Gasteiger partial charge in [0.25, 0.3) is 0 Å². The molecular formula is C21H27ClN2O3S. The van der Waals surface area contributed by atoms with E-state index in [0.717, 1.165) is 29.8 Å². The van der Waals surface area contributed by atoms with E-state index < -0.39 is 16.1 Å². The van der Waals surface area contributed by atoms with Crippen LogP contribution in [0.1, 0.15) is 38.7 Å². The van der Waals surface area contributed by atoms with E-state index in [1.165, 1.54) is 5.56 Å². The van der Waals surface area contributed by atoms with Crippen molar-refractivity contribution in [3.05, 3.63) is 59.1 Å². The Morgan fingerprint density at radius 1 is 1.14 bits per heavy atom. The van der Waals surface area contributed by atoms with Crippen LogP contribution in [0.5, 0.6) is 0 Å². The van der Waals surface area contributed by atoms with Gasteiger partial charge in [0.15, 0.2) is 0 Å². The number of aryl methyl sites for hydroxylation is 1. The fourth-order valence-electron chi connectivity index (χ4n) is 3.03. The molecule has 5 nitrogen and oxygen atoms in total. The molecule has 1 amide bonds. The summed E-state index contributed by atoms with van der Waals surface area (Å²) in [5.74, 6) is -0.380. The van der Waals surface area contributed by atoms with Gasteiger partial charge in [0.05, 0.1) is 11.9 Å². The molecule has 0 heterocycles. The number of hydrogen-bond acceptors (Lipinski definition) is 3. The smallest absolute Gasteiger partial charge is 0.248 e. The quantitative estimate of drug-likeness (QED) is 0.627. The lowest BCUT2D eigenvalue weighted by atomic mass is 10.1. The average molecular weight is 423 g/mol. The minimum atomic E-state index is -3.69. The SMILES string of the molecule is CCCCc1ccc(NC(=O)[C@@H](CC)N(c2cccc(Cl)c2)S(C)(=O)=O)cc1. The van der Waals surface area contributed by atoms with Gasteiger partial charge < -0.3 is 5.32 Å². The molecule has 0 aromatic heterocycles. The van der Waals surface area contributed by atoms with Crippen molar-refractivity contribution in [3.63, 3.8) is 0 Å². The van der Waals surface area contributed by atoms with Crippen LogP contribution in [-0.2, 0) is 21.2 Å². The summed E-state index contributed by atoms with van der Waals surface area (Å²) in [6, 6.07) is 13.3. The number of sulfonamides is 1. The molecule has 28 heavy (non-hydrogen) atoms. The molecule has 2 aromatic carbocycles. The number of carbonyl (C=O) groups is 1. The minimum Gasteiger partial charge on any atom is -0.324 e. The maximum atomic E-state index is 12.9. The normalized spacial score (nSPS) is 12.4. The van der Waals surface area contributed by atoms with Gasteiger partial charge >= 0.3 is 0 Å². The van der Waals surface area contributed by atoms with E-state index in [2.05, 4.69) is 12.2 Å². The Balaban J connectivity index is 2.24. The summed E-state index contributed by atoms with van der Waals surface area (Å²) in [6.07, 6.45) is 4.65. The van der Waals surface area contributed by atoms with Crippen molar-refractivity contribution in [3.8, 4) is 0 Å². The van der Waals surface area contributed by atoms with Gasteiger partial charge in [-0.05, 0) is 55.2 Å². The lowest BCUT2D eigenvalue weighted by Crippen LogP contribution is -2.47. The second-order valence-corrected chi connectivity index (χ2v) is 9.05. The number of rotatable bonds is 9. The monoisotopic (exact) mass is 422 g/mol. The Hall–Kier alpha value is -2.05. The fraction of sp³-hybridized carbons (Fsp3) is 0.381. The van der Waals surface area contributed by atoms with E-state index in [9.17, 15) is 13.2 Å². The van der Waals surface area contributed by atoms with Crippen molar-refractivity contribution in [1.29, 1.82) is 0 Å². The van der Waals surface area contributed by atoms with Crippen molar-refractivity contribution in [2.24, 2.45) is 0 Å². The summed E-state index contributed by atoms with van der Waals surface area (Å²) in [7, 11) is -3.69. The van der Waals surface area contributed by atoms with Crippen molar-refractivity contribution in [2.45, 2.75) is 45.6 Å². The molecule has 7 heteroatoms. The molecule has 0 saturated heterocycles. The van der Waals surface area contributed by atoms with Gasteiger partial charge in [-0.25, -0.2) is 8.42 Å². The number of halogens is 1. The number of amides is 1. The molecule has 0 saturated carbocycles. The van der Waals surface area contributed by atoms with Crippen molar-refractivity contribution in [1.82, 2.24) is 0 Å². The van der Waals surface area contributed by atoms with Crippen LogP contribution in [0.2, 0.25) is 5.02 Å². The molecule has 1 atom stereocenters. The fourth-order valence-corrected chi connectivity index (χ4v) is 4.42. The molecule has 2 aromatic rings. The summed E-state index contributed by atoms with van der Waals surface area (Å²) >= 11 is 6.03. The predicted molar refractivity (Wildman–Crippen MR) is 117 cm³/mol. The van der Waals surface area contributed by atoms with E-state index in [0.29, 0.717) is 22.8 Å². The highest BCUT2D eigenvalue weighted by Gasteiger charge is 2.31. The molecule has 1 N–H and O–H groups in total. The van der Waals surface area contributed by atoms with Gasteiger partial charge in [0.1, 0.15) is 6.04 Å². The number of unbranched alkanes of at least 4 members (excludes halogenated alkanes) is 1. The van der Waals surface area contributed by atoms with E-state index in [1.807, 2.05) is 24.3 Å². The number of anilines is 2. The number of nitrogens with zero attached hydrogens (tertiary/aromatic N) is 1. The molecule has 0 aliphatic rings. The minimum absolute atomic E-state index is 0.319. The molecule has 0 fully saturated rings. The van der Waals surface area contributed by atoms with Gasteiger partial charge in [-0.1, -0.05) is 50.1 Å². The lowest BCUT2D eigenvalue weighted by molar-refractivity contribution is -0.117. The number of carbonyl (C=O) groups excluding carboxylic acids is 1. The standard InChI is InChI=1S/C21H27ClN2O3S/c1-4-6-8-16-11-13-18(14-12-16)23-21(25)20(5-2)24(28(3,26)27)19-10-7-9-17(22)15-19/h7,9-15,20H,4-6,8H2,1-3H3,(H,23,25)/t20-/m1/s1. The summed E-state index contributed by atoms with van der Waals surface area (Å²) in [6.45, 7) is 3.92. The maximum absolute atomic E-state index is 12.9. The van der Waals surface area contributed by atoms with Crippen LogP contribution in [0.3, 0.4) is 0 Å². The van der Waals surface area contributed by atoms with Crippen LogP contribution in [0.25, 0.3) is 0 Å². The van der Waals surface area contributed by atoms with Crippen LogP contribution in [0.15, 0.2) is 48.5 Å². The molecule has 2 rings (SSSR count). The van der Waals surface area contributed by atoms with Crippen LogP contribution in [-0.4, -0.2) is 26.6 Å². The van der Waals surface area contributed by atoms with Crippen molar-refractivity contribution >= 4 is 38.9 Å². The largest absolute Gasteiger partial charge is 0.324 e. The third-order valence-corrected chi connectivity index (χ3v) is 5.85. The second kappa shape index (κ2) is 9.94. The van der Waals surface area contributed by atoms with Crippen LogP contribution in [0, 0.1) is 0 Å². The highest BCUT2D eigenvalue weighted by atomic mass is 35.5. The van der Waals surface area contributed by atoms with Gasteiger partial charge in [-0.3, -0.25) is 9.10 Å². The molecule has 0 radical (unpaired) electrons. The lowest BCUT2D eigenvalue weighted by Gasteiger charge is -2.30. The molecule has 0 unspecified atom stereocenters. The van der Waals surface area contributed by atoms with E-state index in [1.54, 1.807) is 31.2 Å². The molecule has 0 spiro atoms. The third kappa shape index (κ3) is 5.97. The zero-order valence-electron chi connectivity index (χ0n) is 16.5. The zero-order chi connectivity index (χ0) is 20.7. The molecular weight excluding hydrogens is 396 g/mol. The molecule has 0 aliphatic heterocycles. The Labute approximate surface area is 172 Å². The summed E-state index contributed by atoms with van der Waals surface area (Å²) < 4.78 is 26.0. The van der Waals surface area contributed by atoms with E-state index >= 15 is 0 Å². The summed E-state index contributed by atoms with van der Waals surface area (Å²) in [5, 5.41) is 3.24. The molecule has 152 valence electrons. The number of nitrogens with one attached hydrogen (secondary N) is 1. The Morgan fingerprint density at radius 3 is 2.36 bits per heavy atom. The number of hydrogen-bond donors (Lipinski definition) is 1. The summed E-state index contributed by atoms with van der Waals surface area (Å²) in [4.78, 5) is 12.9. The average Bonchev–Trinajstić information content (AvgIpc) is 2.64. The van der Waals surface area contributed by atoms with Crippen molar-refractivity contribution in [2.75, 3.05) is 15.9 Å². The Kier molecular flexibility index (Phi) is 7.89. The predicted octanol–water partition coefficient (Wildman–Crippen LogP) is 4.87.